The maximum atomic E-state index is 12.3. The minimum Gasteiger partial charge on any atom is -0.341 e. The van der Waals surface area contributed by atoms with Gasteiger partial charge in [0, 0.05) is 24.5 Å². The number of carbonyl (C=O) groups excluding carboxylic acids is 1. The van der Waals surface area contributed by atoms with Gasteiger partial charge >= 0.3 is 0 Å². The molecule has 2 aliphatic rings. The fourth-order valence-corrected chi connectivity index (χ4v) is 3.20. The summed E-state index contributed by atoms with van der Waals surface area (Å²) >= 11 is 0. The molecule has 0 bridgehead atoms. The highest BCUT2D eigenvalue weighted by Gasteiger charge is 2.40. The van der Waals surface area contributed by atoms with Crippen LogP contribution in [-0.2, 0) is 4.79 Å². The summed E-state index contributed by atoms with van der Waals surface area (Å²) in [6.07, 6.45) is 2.07. The fourth-order valence-electron chi connectivity index (χ4n) is 3.20. The third-order valence-corrected chi connectivity index (χ3v) is 4.34. The first-order chi connectivity index (χ1) is 8.19. The maximum absolute atomic E-state index is 12.3. The molecule has 0 aliphatic carbocycles. The molecule has 0 atom stereocenters. The van der Waals surface area contributed by atoms with E-state index in [1.165, 1.54) is 0 Å². The predicted octanol–water partition coefficient (Wildman–Crippen LogP) is 2.37. The van der Waals surface area contributed by atoms with Gasteiger partial charge in [-0.1, -0.05) is 13.8 Å². The molecule has 0 saturated carbocycles. The molecular weight excluding hydrogens is 224 g/mol. The first-order valence-corrected chi connectivity index (χ1v) is 7.23. The molecule has 0 radical (unpaired) electrons. The average Bonchev–Trinajstić information content (AvgIpc) is 2.24. The van der Waals surface area contributed by atoms with Crippen LogP contribution in [0, 0.1) is 11.3 Å². The smallest absolute Gasteiger partial charge is 0.225 e. The predicted molar refractivity (Wildman–Crippen MR) is 74.4 cm³/mol. The van der Waals surface area contributed by atoms with E-state index in [9.17, 15) is 4.79 Å². The Labute approximate surface area is 112 Å². The third kappa shape index (κ3) is 2.87. The number of likely N-dealkylation sites (tertiary alicyclic amines) is 2. The molecule has 0 N–H and O–H groups in total. The van der Waals surface area contributed by atoms with Crippen LogP contribution in [0.3, 0.4) is 0 Å². The van der Waals surface area contributed by atoms with Crippen LogP contribution in [-0.4, -0.2) is 47.4 Å². The summed E-state index contributed by atoms with van der Waals surface area (Å²) in [6, 6.07) is 0. The normalized spacial score (nSPS) is 25.9. The van der Waals surface area contributed by atoms with Gasteiger partial charge < -0.3 is 4.90 Å². The van der Waals surface area contributed by atoms with Crippen LogP contribution in [0.25, 0.3) is 0 Å². The fraction of sp³-hybridized carbons (Fsp3) is 0.933. The van der Waals surface area contributed by atoms with Crippen molar-refractivity contribution < 1.29 is 4.79 Å². The van der Waals surface area contributed by atoms with Crippen molar-refractivity contribution in [1.29, 1.82) is 0 Å². The van der Waals surface area contributed by atoms with Crippen molar-refractivity contribution in [3.8, 4) is 0 Å². The van der Waals surface area contributed by atoms with E-state index in [0.717, 1.165) is 39.0 Å². The summed E-state index contributed by atoms with van der Waals surface area (Å²) in [5.74, 6) is 0.683. The number of rotatable bonds is 1. The topological polar surface area (TPSA) is 23.6 Å². The maximum Gasteiger partial charge on any atom is 0.225 e. The van der Waals surface area contributed by atoms with E-state index < -0.39 is 0 Å². The summed E-state index contributed by atoms with van der Waals surface area (Å²) in [4.78, 5) is 16.9. The molecule has 2 saturated heterocycles. The quantitative estimate of drug-likeness (QED) is 0.715. The second-order valence-corrected chi connectivity index (χ2v) is 7.79. The molecule has 2 aliphatic heterocycles. The summed E-state index contributed by atoms with van der Waals surface area (Å²) in [5, 5.41) is 0. The molecule has 2 heterocycles. The van der Waals surface area contributed by atoms with Gasteiger partial charge in [0.1, 0.15) is 0 Å². The van der Waals surface area contributed by atoms with Crippen molar-refractivity contribution in [1.82, 2.24) is 9.80 Å². The Balaban J connectivity index is 1.82. The SMILES string of the molecule is CC1(C)CN(C(=O)C2CCN(C(C)(C)C)CC2)C1. The van der Waals surface area contributed by atoms with E-state index in [0.29, 0.717) is 11.3 Å². The highest BCUT2D eigenvalue weighted by Crippen LogP contribution is 2.32. The third-order valence-electron chi connectivity index (χ3n) is 4.34. The lowest BCUT2D eigenvalue weighted by Crippen LogP contribution is -2.58. The molecule has 2 rings (SSSR count). The van der Waals surface area contributed by atoms with Gasteiger partial charge in [0.2, 0.25) is 5.91 Å². The largest absolute Gasteiger partial charge is 0.341 e. The van der Waals surface area contributed by atoms with Gasteiger partial charge in [0.25, 0.3) is 0 Å². The zero-order valence-corrected chi connectivity index (χ0v) is 12.6. The standard InChI is InChI=1S/C15H28N2O/c1-14(2,3)17-8-6-12(7-9-17)13(18)16-10-15(4,5)11-16/h12H,6-11H2,1-5H3. The molecule has 0 spiro atoms. The lowest BCUT2D eigenvalue weighted by atomic mass is 9.82. The average molecular weight is 252 g/mol. The summed E-state index contributed by atoms with van der Waals surface area (Å²) in [6.45, 7) is 15.3. The van der Waals surface area contributed by atoms with E-state index in [1.54, 1.807) is 0 Å². The zero-order chi connectivity index (χ0) is 13.6. The first kappa shape index (κ1) is 13.9. The molecule has 0 aromatic rings. The molecule has 3 nitrogen and oxygen atoms in total. The molecular formula is C15H28N2O. The Bertz CT molecular complexity index is 314. The zero-order valence-electron chi connectivity index (χ0n) is 12.6. The Morgan fingerprint density at radius 3 is 2.00 bits per heavy atom. The summed E-state index contributed by atoms with van der Waals surface area (Å²) in [7, 11) is 0. The molecule has 3 heteroatoms. The molecule has 0 unspecified atom stereocenters. The Kier molecular flexibility index (Phi) is 3.48. The van der Waals surface area contributed by atoms with E-state index in [4.69, 9.17) is 0 Å². The number of carbonyl (C=O) groups is 1. The van der Waals surface area contributed by atoms with Gasteiger partial charge in [0.15, 0.2) is 0 Å². The van der Waals surface area contributed by atoms with Crippen LogP contribution in [0.1, 0.15) is 47.5 Å². The van der Waals surface area contributed by atoms with E-state index in [-0.39, 0.29) is 11.5 Å². The lowest BCUT2D eigenvalue weighted by molar-refractivity contribution is -0.148. The van der Waals surface area contributed by atoms with Crippen molar-refractivity contribution >= 4 is 5.91 Å². The van der Waals surface area contributed by atoms with Gasteiger partial charge in [-0.25, -0.2) is 0 Å². The minimum absolute atomic E-state index is 0.243. The number of hydrogen-bond donors (Lipinski definition) is 0. The summed E-state index contributed by atoms with van der Waals surface area (Å²) in [5.41, 5.74) is 0.592. The minimum atomic E-state index is 0.243. The Morgan fingerprint density at radius 1 is 1.11 bits per heavy atom. The van der Waals surface area contributed by atoms with Crippen molar-refractivity contribution in [2.75, 3.05) is 26.2 Å². The van der Waals surface area contributed by atoms with E-state index in [1.807, 2.05) is 0 Å². The highest BCUT2D eigenvalue weighted by molar-refractivity contribution is 5.80. The summed E-state index contributed by atoms with van der Waals surface area (Å²) < 4.78 is 0. The van der Waals surface area contributed by atoms with Gasteiger partial charge in [0.05, 0.1) is 0 Å². The second kappa shape index (κ2) is 4.52. The molecule has 0 aromatic heterocycles. The van der Waals surface area contributed by atoms with Crippen molar-refractivity contribution in [2.24, 2.45) is 11.3 Å². The highest BCUT2D eigenvalue weighted by atomic mass is 16.2. The van der Waals surface area contributed by atoms with E-state index in [2.05, 4.69) is 44.4 Å². The monoisotopic (exact) mass is 252 g/mol. The second-order valence-electron chi connectivity index (χ2n) is 7.79. The van der Waals surface area contributed by atoms with Gasteiger partial charge in [-0.05, 0) is 52.1 Å². The number of amides is 1. The molecule has 0 aromatic carbocycles. The Morgan fingerprint density at radius 2 is 1.61 bits per heavy atom. The van der Waals surface area contributed by atoms with Crippen molar-refractivity contribution in [2.45, 2.75) is 53.0 Å². The van der Waals surface area contributed by atoms with Crippen LogP contribution < -0.4 is 0 Å². The van der Waals surface area contributed by atoms with Gasteiger partial charge in [-0.3, -0.25) is 9.69 Å². The lowest BCUT2D eigenvalue weighted by Gasteiger charge is -2.48. The molecule has 2 fully saturated rings. The number of piperidine rings is 1. The van der Waals surface area contributed by atoms with Gasteiger partial charge in [-0.15, -0.1) is 0 Å². The van der Waals surface area contributed by atoms with Crippen LogP contribution in [0.15, 0.2) is 0 Å². The van der Waals surface area contributed by atoms with Crippen LogP contribution >= 0.6 is 0 Å². The van der Waals surface area contributed by atoms with E-state index >= 15 is 0 Å². The molecule has 104 valence electrons. The van der Waals surface area contributed by atoms with Crippen molar-refractivity contribution in [3.63, 3.8) is 0 Å². The number of hydrogen-bond acceptors (Lipinski definition) is 2. The molecule has 1 amide bonds. The van der Waals surface area contributed by atoms with Crippen LogP contribution in [0.4, 0.5) is 0 Å². The van der Waals surface area contributed by atoms with Crippen molar-refractivity contribution in [3.05, 3.63) is 0 Å². The Hall–Kier alpha value is -0.570. The van der Waals surface area contributed by atoms with Crippen LogP contribution in [0.5, 0.6) is 0 Å². The van der Waals surface area contributed by atoms with Crippen LogP contribution in [0.2, 0.25) is 0 Å². The number of nitrogens with zero attached hydrogens (tertiary/aromatic N) is 2. The first-order valence-electron chi connectivity index (χ1n) is 7.23. The van der Waals surface area contributed by atoms with Gasteiger partial charge in [-0.2, -0.15) is 0 Å². The molecule has 18 heavy (non-hydrogen) atoms.